The molecule has 9 aromatic carbocycles. The second-order valence-corrected chi connectivity index (χ2v) is 16.7. The second kappa shape index (κ2) is 16.7. The first-order valence-corrected chi connectivity index (χ1v) is 22.3. The molecule has 0 aliphatic rings. The molecule has 0 N–H and O–H groups in total. The van der Waals surface area contributed by atoms with Gasteiger partial charge < -0.3 is 0 Å². The lowest BCUT2D eigenvalue weighted by atomic mass is 9.92. The summed E-state index contributed by atoms with van der Waals surface area (Å²) in [5.41, 5.74) is 19.0. The molecule has 3 heterocycles. The lowest BCUT2D eigenvalue weighted by molar-refractivity contribution is 1.23. The fourth-order valence-corrected chi connectivity index (χ4v) is 9.02. The van der Waals surface area contributed by atoms with Crippen molar-refractivity contribution in [2.24, 2.45) is 0 Å². The van der Waals surface area contributed by atoms with Gasteiger partial charge in [-0.1, -0.05) is 194 Å². The smallest absolute Gasteiger partial charge is 0.160 e. The van der Waals surface area contributed by atoms with Gasteiger partial charge in [0.25, 0.3) is 0 Å². The number of hydrogen-bond acceptors (Lipinski definition) is 4. The first-order chi connectivity index (χ1) is 32.7. The van der Waals surface area contributed by atoms with Crippen molar-refractivity contribution >= 4 is 32.7 Å². The van der Waals surface area contributed by atoms with Gasteiger partial charge in [-0.2, -0.15) is 0 Å². The third-order valence-electron chi connectivity index (χ3n) is 12.6. The number of pyridine rings is 2. The predicted octanol–water partition coefficient (Wildman–Crippen LogP) is 16.1. The minimum absolute atomic E-state index is 0.658. The summed E-state index contributed by atoms with van der Waals surface area (Å²) in [5, 5.41) is 3.20. The maximum Gasteiger partial charge on any atom is 0.160 e. The Hall–Kier alpha value is -8.86. The summed E-state index contributed by atoms with van der Waals surface area (Å²) in [7, 11) is 0. The van der Waals surface area contributed by atoms with E-state index in [0.717, 1.165) is 99.6 Å². The van der Waals surface area contributed by atoms with Crippen molar-refractivity contribution in [3.05, 3.63) is 243 Å². The Bertz CT molecular complexity index is 3700. The molecule has 0 saturated heterocycles. The molecule has 0 bridgehead atoms. The molecule has 12 aromatic rings. The van der Waals surface area contributed by atoms with Crippen LogP contribution >= 0.6 is 0 Å². The third kappa shape index (κ3) is 7.47. The monoisotopic (exact) mass is 840 g/mol. The molecule has 0 fully saturated rings. The van der Waals surface area contributed by atoms with Crippen molar-refractivity contribution < 1.29 is 0 Å². The highest BCUT2D eigenvalue weighted by molar-refractivity contribution is 6.05. The van der Waals surface area contributed by atoms with Crippen LogP contribution in [0.3, 0.4) is 0 Å². The van der Waals surface area contributed by atoms with Gasteiger partial charge in [0.1, 0.15) is 0 Å². The summed E-state index contributed by atoms with van der Waals surface area (Å²) in [4.78, 5) is 20.4. The molecular formula is C62H40N4. The van der Waals surface area contributed by atoms with E-state index in [4.69, 9.17) is 19.9 Å². The number of para-hydroxylation sites is 2. The molecule has 0 amide bonds. The molecule has 308 valence electrons. The molecule has 0 saturated carbocycles. The highest BCUT2D eigenvalue weighted by Crippen LogP contribution is 2.40. The zero-order chi connectivity index (χ0) is 43.8. The zero-order valence-corrected chi connectivity index (χ0v) is 35.9. The van der Waals surface area contributed by atoms with E-state index in [2.05, 4.69) is 206 Å². The van der Waals surface area contributed by atoms with Crippen LogP contribution in [0.2, 0.25) is 0 Å². The highest BCUT2D eigenvalue weighted by atomic mass is 14.9. The number of fused-ring (bicyclic) bond motifs is 3. The van der Waals surface area contributed by atoms with E-state index >= 15 is 0 Å². The van der Waals surface area contributed by atoms with E-state index in [-0.39, 0.29) is 0 Å². The molecule has 3 aromatic heterocycles. The molecule has 0 aliphatic carbocycles. The standard InChI is InChI=1S/C62H40N4/c1-3-11-41(12-4-1)43-19-21-45(22-20-43)53-37-56(48-29-23-44(24-30-48)42-13-5-2-6-14-42)61-57(38-53)60(49-31-25-46(26-32-49)54-35-51-15-7-9-17-58(51)63-39-54)65-62(66-61)50-33-27-47(28-34-50)55-36-52-16-8-10-18-59(52)64-40-55/h1-40H. The average molecular weight is 841 g/mol. The largest absolute Gasteiger partial charge is 0.256 e. The fourth-order valence-electron chi connectivity index (χ4n) is 9.02. The van der Waals surface area contributed by atoms with Crippen molar-refractivity contribution in [2.45, 2.75) is 0 Å². The number of nitrogens with zero attached hydrogens (tertiary/aromatic N) is 4. The average Bonchev–Trinajstić information content (AvgIpc) is 3.40. The maximum atomic E-state index is 5.48. The van der Waals surface area contributed by atoms with Gasteiger partial charge in [-0.05, 0) is 86.5 Å². The van der Waals surface area contributed by atoms with Gasteiger partial charge >= 0.3 is 0 Å². The van der Waals surface area contributed by atoms with Crippen LogP contribution in [0.15, 0.2) is 243 Å². The maximum absolute atomic E-state index is 5.48. The van der Waals surface area contributed by atoms with Crippen molar-refractivity contribution in [2.75, 3.05) is 0 Å². The Morgan fingerprint density at radius 1 is 0.258 bits per heavy atom. The van der Waals surface area contributed by atoms with Crippen molar-refractivity contribution in [1.82, 2.24) is 19.9 Å². The van der Waals surface area contributed by atoms with E-state index in [0.29, 0.717) is 5.82 Å². The van der Waals surface area contributed by atoms with Crippen LogP contribution in [0.25, 0.3) is 122 Å². The summed E-state index contributed by atoms with van der Waals surface area (Å²) >= 11 is 0. The van der Waals surface area contributed by atoms with Crippen LogP contribution in [-0.2, 0) is 0 Å². The lowest BCUT2D eigenvalue weighted by Crippen LogP contribution is -1.98. The molecule has 4 nitrogen and oxygen atoms in total. The quantitative estimate of drug-likeness (QED) is 0.153. The van der Waals surface area contributed by atoms with E-state index in [9.17, 15) is 0 Å². The first-order valence-electron chi connectivity index (χ1n) is 22.3. The number of benzene rings is 9. The Morgan fingerprint density at radius 2 is 0.652 bits per heavy atom. The molecule has 12 rings (SSSR count). The summed E-state index contributed by atoms with van der Waals surface area (Å²) in [6, 6.07) is 81.5. The normalized spacial score (nSPS) is 11.3. The van der Waals surface area contributed by atoms with Gasteiger partial charge in [-0.15, -0.1) is 0 Å². The second-order valence-electron chi connectivity index (χ2n) is 16.7. The van der Waals surface area contributed by atoms with Crippen LogP contribution in [0.1, 0.15) is 0 Å². The molecule has 0 unspecified atom stereocenters. The number of hydrogen-bond donors (Lipinski definition) is 0. The topological polar surface area (TPSA) is 51.6 Å². The van der Waals surface area contributed by atoms with Gasteiger partial charge in [-0.25, -0.2) is 9.97 Å². The first kappa shape index (κ1) is 38.8. The zero-order valence-electron chi connectivity index (χ0n) is 35.9. The van der Waals surface area contributed by atoms with E-state index in [1.165, 1.54) is 16.7 Å². The molecule has 0 spiro atoms. The van der Waals surface area contributed by atoms with Gasteiger partial charge in [0.05, 0.1) is 22.2 Å². The SMILES string of the molecule is c1ccc(-c2ccc(-c3cc(-c4ccc(-c5ccccc5)cc4)c4nc(-c5ccc(-c6cnc7ccccc7c6)cc5)nc(-c5ccc(-c6cnc7ccccc7c6)cc5)c4c3)cc2)cc1. The summed E-state index contributed by atoms with van der Waals surface area (Å²) in [6.07, 6.45) is 3.90. The van der Waals surface area contributed by atoms with E-state index < -0.39 is 0 Å². The Kier molecular flexibility index (Phi) is 9.81. The van der Waals surface area contributed by atoms with Crippen molar-refractivity contribution in [3.63, 3.8) is 0 Å². The molecule has 0 atom stereocenters. The van der Waals surface area contributed by atoms with Crippen molar-refractivity contribution in [3.8, 4) is 89.4 Å². The molecular weight excluding hydrogens is 801 g/mol. The Morgan fingerprint density at radius 3 is 1.17 bits per heavy atom. The van der Waals surface area contributed by atoms with E-state index in [1.54, 1.807) is 0 Å². The van der Waals surface area contributed by atoms with E-state index in [1.807, 2.05) is 36.7 Å². The van der Waals surface area contributed by atoms with Crippen LogP contribution in [0, 0.1) is 0 Å². The van der Waals surface area contributed by atoms with Crippen LogP contribution in [-0.4, -0.2) is 19.9 Å². The van der Waals surface area contributed by atoms with Gasteiger partial charge in [0.2, 0.25) is 0 Å². The number of rotatable bonds is 8. The van der Waals surface area contributed by atoms with Crippen LogP contribution in [0.4, 0.5) is 0 Å². The third-order valence-corrected chi connectivity index (χ3v) is 12.6. The highest BCUT2D eigenvalue weighted by Gasteiger charge is 2.19. The van der Waals surface area contributed by atoms with Gasteiger partial charge in [-0.3, -0.25) is 9.97 Å². The molecule has 66 heavy (non-hydrogen) atoms. The Labute approximate surface area is 383 Å². The molecule has 0 aliphatic heterocycles. The van der Waals surface area contributed by atoms with Crippen LogP contribution in [0.5, 0.6) is 0 Å². The molecule has 0 radical (unpaired) electrons. The minimum atomic E-state index is 0.658. The number of aromatic nitrogens is 4. The van der Waals surface area contributed by atoms with Crippen molar-refractivity contribution in [1.29, 1.82) is 0 Å². The summed E-state index contributed by atoms with van der Waals surface area (Å²) < 4.78 is 0. The van der Waals surface area contributed by atoms with Gasteiger partial charge in [0, 0.05) is 56.4 Å². The molecule has 4 heteroatoms. The summed E-state index contributed by atoms with van der Waals surface area (Å²) in [5.74, 6) is 0.658. The Balaban J connectivity index is 1.04. The fraction of sp³-hybridized carbons (Fsp3) is 0. The minimum Gasteiger partial charge on any atom is -0.256 e. The predicted molar refractivity (Wildman–Crippen MR) is 274 cm³/mol. The lowest BCUT2D eigenvalue weighted by Gasteiger charge is -2.16. The van der Waals surface area contributed by atoms with Crippen LogP contribution < -0.4 is 0 Å². The summed E-state index contributed by atoms with van der Waals surface area (Å²) in [6.45, 7) is 0. The van der Waals surface area contributed by atoms with Gasteiger partial charge in [0.15, 0.2) is 5.82 Å².